The van der Waals surface area contributed by atoms with Gasteiger partial charge in [0, 0.05) is 25.2 Å². The minimum atomic E-state index is 0.690. The number of benzene rings is 1. The Labute approximate surface area is 89.4 Å². The van der Waals surface area contributed by atoms with E-state index in [4.69, 9.17) is 16.3 Å². The van der Waals surface area contributed by atoms with Gasteiger partial charge in [-0.05, 0) is 11.6 Å². The minimum Gasteiger partial charge on any atom is -0.383 e. The molecule has 0 aromatic heterocycles. The number of methoxy groups -OCH3 is 1. The highest BCUT2D eigenvalue weighted by Gasteiger charge is 1.96. The van der Waals surface area contributed by atoms with Gasteiger partial charge in [0.2, 0.25) is 0 Å². The lowest BCUT2D eigenvalue weighted by Crippen LogP contribution is -2.33. The Morgan fingerprint density at radius 1 is 1.29 bits per heavy atom. The van der Waals surface area contributed by atoms with Crippen LogP contribution in [-0.4, -0.2) is 20.3 Å². The zero-order valence-corrected chi connectivity index (χ0v) is 8.97. The van der Waals surface area contributed by atoms with Crippen molar-refractivity contribution in [3.63, 3.8) is 0 Å². The number of nitrogens with one attached hydrogen (secondary N) is 2. The lowest BCUT2D eigenvalue weighted by atomic mass is 10.2. The van der Waals surface area contributed by atoms with Crippen molar-refractivity contribution in [2.24, 2.45) is 0 Å². The normalized spacial score (nSPS) is 10.4. The molecule has 0 saturated carbocycles. The monoisotopic (exact) mass is 214 g/mol. The molecular formula is C10H15ClN2O. The van der Waals surface area contributed by atoms with Crippen LogP contribution in [-0.2, 0) is 11.3 Å². The first kappa shape index (κ1) is 11.5. The molecule has 14 heavy (non-hydrogen) atoms. The third-order valence-corrected chi connectivity index (χ3v) is 2.16. The zero-order valence-electron chi connectivity index (χ0n) is 8.22. The molecule has 3 nitrogen and oxygen atoms in total. The van der Waals surface area contributed by atoms with E-state index in [0.29, 0.717) is 13.2 Å². The summed E-state index contributed by atoms with van der Waals surface area (Å²) in [6, 6.07) is 7.77. The Bertz CT molecular complexity index is 268. The molecule has 0 saturated heterocycles. The van der Waals surface area contributed by atoms with E-state index in [9.17, 15) is 0 Å². The number of halogens is 1. The van der Waals surface area contributed by atoms with E-state index >= 15 is 0 Å². The van der Waals surface area contributed by atoms with Gasteiger partial charge in [-0.25, -0.2) is 0 Å². The second kappa shape index (κ2) is 6.79. The Kier molecular flexibility index (Phi) is 5.56. The summed E-state index contributed by atoms with van der Waals surface area (Å²) < 4.78 is 4.89. The van der Waals surface area contributed by atoms with E-state index in [-0.39, 0.29) is 0 Å². The fraction of sp³-hybridized carbons (Fsp3) is 0.400. The molecule has 0 fully saturated rings. The van der Waals surface area contributed by atoms with E-state index in [1.807, 2.05) is 24.3 Å². The molecule has 0 spiro atoms. The van der Waals surface area contributed by atoms with Gasteiger partial charge in [0.25, 0.3) is 0 Å². The summed E-state index contributed by atoms with van der Waals surface area (Å²) in [4.78, 5) is 0. The predicted molar refractivity (Wildman–Crippen MR) is 58.2 cm³/mol. The zero-order chi connectivity index (χ0) is 10.2. The smallest absolute Gasteiger partial charge is 0.0601 e. The number of hydrogen-bond acceptors (Lipinski definition) is 3. The van der Waals surface area contributed by atoms with Gasteiger partial charge in [-0.3, -0.25) is 10.9 Å². The van der Waals surface area contributed by atoms with Crippen molar-refractivity contribution in [2.45, 2.75) is 6.54 Å². The number of hydrazine groups is 1. The minimum absolute atomic E-state index is 0.690. The summed E-state index contributed by atoms with van der Waals surface area (Å²) in [5.41, 5.74) is 7.17. The summed E-state index contributed by atoms with van der Waals surface area (Å²) in [5, 5.41) is 0.786. The molecule has 4 heteroatoms. The van der Waals surface area contributed by atoms with Crippen molar-refractivity contribution in [3.05, 3.63) is 34.9 Å². The maximum Gasteiger partial charge on any atom is 0.0601 e. The van der Waals surface area contributed by atoms with Gasteiger partial charge in [-0.15, -0.1) is 0 Å². The van der Waals surface area contributed by atoms with Crippen molar-refractivity contribution < 1.29 is 4.74 Å². The Morgan fingerprint density at radius 2 is 2.07 bits per heavy atom. The van der Waals surface area contributed by atoms with Crippen LogP contribution in [0.15, 0.2) is 24.3 Å². The summed E-state index contributed by atoms with van der Waals surface area (Å²) >= 11 is 5.97. The molecule has 0 bridgehead atoms. The van der Waals surface area contributed by atoms with Crippen molar-refractivity contribution >= 4 is 11.6 Å². The van der Waals surface area contributed by atoms with Crippen LogP contribution in [0.5, 0.6) is 0 Å². The molecular weight excluding hydrogens is 200 g/mol. The van der Waals surface area contributed by atoms with Gasteiger partial charge < -0.3 is 4.74 Å². The van der Waals surface area contributed by atoms with Crippen molar-refractivity contribution in [2.75, 3.05) is 20.3 Å². The third-order valence-electron chi connectivity index (χ3n) is 1.79. The van der Waals surface area contributed by atoms with Crippen LogP contribution in [0.4, 0.5) is 0 Å². The standard InChI is InChI=1S/C10H15ClN2O/c1-14-7-6-12-13-8-9-4-2-3-5-10(9)11/h2-5,12-13H,6-8H2,1H3. The van der Waals surface area contributed by atoms with Crippen LogP contribution in [0.25, 0.3) is 0 Å². The summed E-state index contributed by atoms with van der Waals surface area (Å²) in [6.07, 6.45) is 0. The molecule has 1 rings (SSSR count). The van der Waals surface area contributed by atoms with Gasteiger partial charge in [-0.1, -0.05) is 29.8 Å². The first-order valence-electron chi connectivity index (χ1n) is 4.52. The fourth-order valence-corrected chi connectivity index (χ4v) is 1.24. The maximum absolute atomic E-state index is 5.97. The van der Waals surface area contributed by atoms with E-state index in [2.05, 4.69) is 10.9 Å². The lowest BCUT2D eigenvalue weighted by molar-refractivity contribution is 0.195. The molecule has 0 amide bonds. The molecule has 0 radical (unpaired) electrons. The second-order valence-electron chi connectivity index (χ2n) is 2.86. The van der Waals surface area contributed by atoms with Crippen LogP contribution in [0.1, 0.15) is 5.56 Å². The molecule has 78 valence electrons. The molecule has 1 aromatic carbocycles. The Hall–Kier alpha value is -0.610. The maximum atomic E-state index is 5.97. The molecule has 0 aliphatic carbocycles. The molecule has 0 aliphatic rings. The molecule has 0 heterocycles. The quantitative estimate of drug-likeness (QED) is 0.557. The summed E-state index contributed by atoms with van der Waals surface area (Å²) in [5.74, 6) is 0. The van der Waals surface area contributed by atoms with Crippen molar-refractivity contribution in [1.29, 1.82) is 0 Å². The molecule has 1 aromatic rings. The highest BCUT2D eigenvalue weighted by Crippen LogP contribution is 2.13. The number of hydrogen-bond donors (Lipinski definition) is 2. The van der Waals surface area contributed by atoms with Crippen LogP contribution in [0, 0.1) is 0 Å². The summed E-state index contributed by atoms with van der Waals surface area (Å²) in [6.45, 7) is 2.18. The summed E-state index contributed by atoms with van der Waals surface area (Å²) in [7, 11) is 1.68. The second-order valence-corrected chi connectivity index (χ2v) is 3.27. The molecule has 2 N–H and O–H groups in total. The highest BCUT2D eigenvalue weighted by atomic mass is 35.5. The first-order valence-corrected chi connectivity index (χ1v) is 4.90. The Balaban J connectivity index is 2.21. The number of rotatable bonds is 6. The van der Waals surface area contributed by atoms with Crippen LogP contribution in [0.3, 0.4) is 0 Å². The first-order chi connectivity index (χ1) is 6.84. The molecule has 0 aliphatic heterocycles. The van der Waals surface area contributed by atoms with E-state index in [1.165, 1.54) is 0 Å². The van der Waals surface area contributed by atoms with Crippen LogP contribution in [0.2, 0.25) is 5.02 Å². The topological polar surface area (TPSA) is 33.3 Å². The average molecular weight is 215 g/mol. The van der Waals surface area contributed by atoms with Gasteiger partial charge in [-0.2, -0.15) is 0 Å². The van der Waals surface area contributed by atoms with Crippen molar-refractivity contribution in [1.82, 2.24) is 10.9 Å². The van der Waals surface area contributed by atoms with Gasteiger partial charge in [0.05, 0.1) is 6.61 Å². The van der Waals surface area contributed by atoms with Gasteiger partial charge in [0.1, 0.15) is 0 Å². The Morgan fingerprint density at radius 3 is 2.79 bits per heavy atom. The van der Waals surface area contributed by atoms with E-state index in [0.717, 1.165) is 17.1 Å². The van der Waals surface area contributed by atoms with Crippen molar-refractivity contribution in [3.8, 4) is 0 Å². The largest absolute Gasteiger partial charge is 0.383 e. The van der Waals surface area contributed by atoms with E-state index < -0.39 is 0 Å². The highest BCUT2D eigenvalue weighted by molar-refractivity contribution is 6.31. The predicted octanol–water partition coefficient (Wildman–Crippen LogP) is 1.58. The fourth-order valence-electron chi connectivity index (χ4n) is 1.04. The van der Waals surface area contributed by atoms with E-state index in [1.54, 1.807) is 7.11 Å². The number of ether oxygens (including phenoxy) is 1. The SMILES string of the molecule is COCCNNCc1ccccc1Cl. The molecule has 0 unspecified atom stereocenters. The lowest BCUT2D eigenvalue weighted by Gasteiger charge is -2.07. The van der Waals surface area contributed by atoms with Gasteiger partial charge >= 0.3 is 0 Å². The molecule has 0 atom stereocenters. The third kappa shape index (κ3) is 4.07. The van der Waals surface area contributed by atoms with Gasteiger partial charge in [0.15, 0.2) is 0 Å². The van der Waals surface area contributed by atoms with Crippen LogP contribution < -0.4 is 10.9 Å². The average Bonchev–Trinajstić information content (AvgIpc) is 2.20. The van der Waals surface area contributed by atoms with Crippen LogP contribution >= 0.6 is 11.6 Å².